The lowest BCUT2D eigenvalue weighted by Gasteiger charge is -2.19. The second-order valence-electron chi connectivity index (χ2n) is 5.10. The molecule has 1 heterocycles. The van der Waals surface area contributed by atoms with E-state index < -0.39 is 0 Å². The highest BCUT2D eigenvalue weighted by Crippen LogP contribution is 2.21. The number of nitrogens with two attached hydrogens (primary N) is 1. The Morgan fingerprint density at radius 1 is 1.42 bits per heavy atom. The quantitative estimate of drug-likeness (QED) is 0.378. The molecule has 0 bridgehead atoms. The number of amidine groups is 1. The second-order valence-corrected chi connectivity index (χ2v) is 5.10. The predicted molar refractivity (Wildman–Crippen MR) is 78.0 cm³/mol. The molecule has 0 spiro atoms. The fourth-order valence-corrected chi connectivity index (χ4v) is 2.64. The molecule has 106 valence electrons. The Balaban J connectivity index is 2.24. The van der Waals surface area contributed by atoms with Crippen LogP contribution in [0.1, 0.15) is 57.3 Å². The van der Waals surface area contributed by atoms with Crippen LogP contribution in [0.15, 0.2) is 11.1 Å². The summed E-state index contributed by atoms with van der Waals surface area (Å²) in [5.41, 5.74) is 4.86. The molecule has 0 atom stereocenters. The molecule has 2 rings (SSSR count). The fourth-order valence-electron chi connectivity index (χ4n) is 2.64. The number of nitrogens with zero attached hydrogens (tertiary/aromatic N) is 3. The first-order chi connectivity index (χ1) is 9.28. The average molecular weight is 263 g/mol. The van der Waals surface area contributed by atoms with Gasteiger partial charge in [0, 0.05) is 6.54 Å². The van der Waals surface area contributed by atoms with Crippen LogP contribution in [0, 0.1) is 0 Å². The van der Waals surface area contributed by atoms with E-state index in [1.807, 2.05) is 4.68 Å². The molecule has 0 unspecified atom stereocenters. The van der Waals surface area contributed by atoms with E-state index in [2.05, 4.69) is 30.4 Å². The fraction of sp³-hybridized carbons (Fsp3) is 0.714. The molecule has 1 aromatic rings. The van der Waals surface area contributed by atoms with Crippen molar-refractivity contribution in [2.24, 2.45) is 10.8 Å². The number of aryl methyl sites for hydroxylation is 2. The summed E-state index contributed by atoms with van der Waals surface area (Å²) in [4.78, 5) is 4.80. The van der Waals surface area contributed by atoms with Gasteiger partial charge in [0.05, 0.1) is 11.7 Å². The SMILES string of the molecule is CCc1cc(C(=NC2CCCCC2)NN)n(CC)n1. The first-order valence-corrected chi connectivity index (χ1v) is 7.40. The largest absolute Gasteiger partial charge is 0.307 e. The monoisotopic (exact) mass is 263 g/mol. The van der Waals surface area contributed by atoms with Gasteiger partial charge in [0.15, 0.2) is 5.84 Å². The number of hydrogen-bond acceptors (Lipinski definition) is 3. The molecule has 0 saturated heterocycles. The summed E-state index contributed by atoms with van der Waals surface area (Å²) in [5.74, 6) is 6.45. The van der Waals surface area contributed by atoms with E-state index in [0.717, 1.165) is 30.2 Å². The highest BCUT2D eigenvalue weighted by Gasteiger charge is 2.16. The van der Waals surface area contributed by atoms with Crippen LogP contribution in [-0.2, 0) is 13.0 Å². The number of aromatic nitrogens is 2. The van der Waals surface area contributed by atoms with Gasteiger partial charge in [-0.2, -0.15) is 5.10 Å². The van der Waals surface area contributed by atoms with E-state index in [-0.39, 0.29) is 0 Å². The van der Waals surface area contributed by atoms with Gasteiger partial charge in [-0.1, -0.05) is 26.2 Å². The molecule has 0 aromatic carbocycles. The van der Waals surface area contributed by atoms with E-state index >= 15 is 0 Å². The Kier molecular flexibility index (Phi) is 4.96. The summed E-state index contributed by atoms with van der Waals surface area (Å²) in [6, 6.07) is 2.50. The molecule has 1 aromatic heterocycles. The summed E-state index contributed by atoms with van der Waals surface area (Å²) >= 11 is 0. The number of aliphatic imine (C=N–C) groups is 1. The lowest BCUT2D eigenvalue weighted by molar-refractivity contribution is 0.442. The van der Waals surface area contributed by atoms with Crippen LogP contribution in [0.25, 0.3) is 0 Å². The summed E-state index contributed by atoms with van der Waals surface area (Å²) < 4.78 is 1.97. The third-order valence-corrected chi connectivity index (χ3v) is 3.76. The Bertz CT molecular complexity index is 429. The zero-order valence-corrected chi connectivity index (χ0v) is 12.0. The van der Waals surface area contributed by atoms with Crippen molar-refractivity contribution in [1.82, 2.24) is 15.2 Å². The van der Waals surface area contributed by atoms with Gasteiger partial charge < -0.3 is 5.43 Å². The molecule has 1 aliphatic rings. The molecule has 19 heavy (non-hydrogen) atoms. The van der Waals surface area contributed by atoms with Crippen molar-refractivity contribution < 1.29 is 0 Å². The van der Waals surface area contributed by atoms with Crippen molar-refractivity contribution in [2.75, 3.05) is 0 Å². The van der Waals surface area contributed by atoms with Gasteiger partial charge in [-0.25, -0.2) is 5.84 Å². The third kappa shape index (κ3) is 3.35. The molecule has 0 radical (unpaired) electrons. The molecule has 1 fully saturated rings. The van der Waals surface area contributed by atoms with Gasteiger partial charge >= 0.3 is 0 Å². The lowest BCUT2D eigenvalue weighted by atomic mass is 9.96. The smallest absolute Gasteiger partial charge is 0.161 e. The van der Waals surface area contributed by atoms with Crippen LogP contribution in [0.3, 0.4) is 0 Å². The van der Waals surface area contributed by atoms with Crippen molar-refractivity contribution in [3.63, 3.8) is 0 Å². The van der Waals surface area contributed by atoms with Crippen LogP contribution in [0.2, 0.25) is 0 Å². The molecular weight excluding hydrogens is 238 g/mol. The van der Waals surface area contributed by atoms with Crippen LogP contribution in [0.4, 0.5) is 0 Å². The number of hydrazine groups is 1. The topological polar surface area (TPSA) is 68.2 Å². The normalized spacial score (nSPS) is 17.7. The molecule has 5 heteroatoms. The molecule has 0 amide bonds. The Labute approximate surface area is 115 Å². The van der Waals surface area contributed by atoms with E-state index in [9.17, 15) is 0 Å². The molecule has 3 N–H and O–H groups in total. The maximum Gasteiger partial charge on any atom is 0.161 e. The summed E-state index contributed by atoms with van der Waals surface area (Å²) in [7, 11) is 0. The average Bonchev–Trinajstić information content (AvgIpc) is 2.89. The minimum absolute atomic E-state index is 0.407. The van der Waals surface area contributed by atoms with Crippen molar-refractivity contribution in [2.45, 2.75) is 65.0 Å². The van der Waals surface area contributed by atoms with Crippen molar-refractivity contribution >= 4 is 5.84 Å². The Morgan fingerprint density at radius 2 is 2.16 bits per heavy atom. The summed E-state index contributed by atoms with van der Waals surface area (Å²) in [6.45, 7) is 5.03. The third-order valence-electron chi connectivity index (χ3n) is 3.76. The number of nitrogens with one attached hydrogen (secondary N) is 1. The first kappa shape index (κ1) is 14.1. The molecule has 0 aliphatic heterocycles. The van der Waals surface area contributed by atoms with E-state index in [0.29, 0.717) is 6.04 Å². The molecule has 1 aliphatic carbocycles. The van der Waals surface area contributed by atoms with Crippen LogP contribution >= 0.6 is 0 Å². The Hall–Kier alpha value is -1.36. The minimum atomic E-state index is 0.407. The summed E-state index contributed by atoms with van der Waals surface area (Å²) in [5, 5.41) is 4.55. The molecular formula is C14H25N5. The van der Waals surface area contributed by atoms with Crippen LogP contribution in [0.5, 0.6) is 0 Å². The van der Waals surface area contributed by atoms with Gasteiger partial charge in [-0.3, -0.25) is 9.67 Å². The number of hydrogen-bond donors (Lipinski definition) is 2. The van der Waals surface area contributed by atoms with Crippen LogP contribution in [-0.4, -0.2) is 21.7 Å². The molecule has 5 nitrogen and oxygen atoms in total. The second kappa shape index (κ2) is 6.70. The van der Waals surface area contributed by atoms with E-state index in [1.165, 1.54) is 32.1 Å². The van der Waals surface area contributed by atoms with Crippen LogP contribution < -0.4 is 11.3 Å². The summed E-state index contributed by atoms with van der Waals surface area (Å²) in [6.07, 6.45) is 7.17. The standard InChI is InChI=1S/C14H25N5/c1-3-11-10-13(19(4-2)18-11)14(17-15)16-12-8-6-5-7-9-12/h10,12H,3-9,15H2,1-2H3,(H,16,17). The van der Waals surface area contributed by atoms with Crippen molar-refractivity contribution in [3.8, 4) is 0 Å². The zero-order valence-electron chi connectivity index (χ0n) is 12.0. The van der Waals surface area contributed by atoms with Gasteiger partial charge in [-0.05, 0) is 32.3 Å². The predicted octanol–water partition coefficient (Wildman–Crippen LogP) is 2.01. The van der Waals surface area contributed by atoms with Crippen molar-refractivity contribution in [1.29, 1.82) is 0 Å². The first-order valence-electron chi connectivity index (χ1n) is 7.40. The number of rotatable bonds is 4. The van der Waals surface area contributed by atoms with Gasteiger partial charge in [0.1, 0.15) is 5.69 Å². The highest BCUT2D eigenvalue weighted by molar-refractivity contribution is 5.97. The van der Waals surface area contributed by atoms with Gasteiger partial charge in [0.25, 0.3) is 0 Å². The lowest BCUT2D eigenvalue weighted by Crippen LogP contribution is -2.34. The molecule has 1 saturated carbocycles. The maximum atomic E-state index is 5.67. The minimum Gasteiger partial charge on any atom is -0.307 e. The maximum absolute atomic E-state index is 5.67. The van der Waals surface area contributed by atoms with E-state index in [4.69, 9.17) is 10.8 Å². The Morgan fingerprint density at radius 3 is 2.74 bits per heavy atom. The van der Waals surface area contributed by atoms with Gasteiger partial charge in [0.2, 0.25) is 0 Å². The van der Waals surface area contributed by atoms with Crippen molar-refractivity contribution in [3.05, 3.63) is 17.5 Å². The van der Waals surface area contributed by atoms with E-state index in [1.54, 1.807) is 0 Å². The van der Waals surface area contributed by atoms with Gasteiger partial charge in [-0.15, -0.1) is 0 Å². The highest BCUT2D eigenvalue weighted by atomic mass is 15.3. The zero-order chi connectivity index (χ0) is 13.7.